The van der Waals surface area contributed by atoms with Crippen molar-refractivity contribution < 1.29 is 10.0 Å². The molecule has 0 amide bonds. The molecule has 0 fully saturated rings. The molecule has 0 aromatic carbocycles. The Morgan fingerprint density at radius 1 is 1.69 bits per heavy atom. The number of hydrogen-bond donors (Lipinski definition) is 2. The van der Waals surface area contributed by atoms with Gasteiger partial charge in [0, 0.05) is 19.3 Å². The molecule has 7 heteroatoms. The van der Waals surface area contributed by atoms with Crippen LogP contribution in [0.5, 0.6) is 0 Å². The van der Waals surface area contributed by atoms with Gasteiger partial charge < -0.3 is 10.4 Å². The summed E-state index contributed by atoms with van der Waals surface area (Å²) < 4.78 is 0. The minimum Gasteiger partial charge on any atom is -0.396 e. The quantitative estimate of drug-likeness (QED) is 0.430. The molecule has 0 saturated heterocycles. The molecule has 0 bridgehead atoms. The second-order valence-corrected chi connectivity index (χ2v) is 2.93. The van der Waals surface area contributed by atoms with Crippen LogP contribution in [-0.4, -0.2) is 28.2 Å². The summed E-state index contributed by atoms with van der Waals surface area (Å²) in [5.74, 6) is 0.0532. The molecule has 16 heavy (non-hydrogen) atoms. The van der Waals surface area contributed by atoms with Crippen molar-refractivity contribution in [1.29, 1.82) is 5.26 Å². The fourth-order valence-corrected chi connectivity index (χ4v) is 1.14. The lowest BCUT2D eigenvalue weighted by atomic mass is 10.2. The first kappa shape index (κ1) is 11.9. The van der Waals surface area contributed by atoms with E-state index in [4.69, 9.17) is 10.4 Å². The first-order valence-electron chi connectivity index (χ1n) is 4.59. The van der Waals surface area contributed by atoms with E-state index < -0.39 is 4.92 Å². The van der Waals surface area contributed by atoms with Crippen LogP contribution in [0.1, 0.15) is 12.0 Å². The number of nitrogens with one attached hydrogen (secondary N) is 1. The van der Waals surface area contributed by atoms with Gasteiger partial charge in [-0.15, -0.1) is 0 Å². The minimum absolute atomic E-state index is 0.0151. The van der Waals surface area contributed by atoms with Gasteiger partial charge in [-0.3, -0.25) is 10.1 Å². The van der Waals surface area contributed by atoms with Crippen molar-refractivity contribution in [1.82, 2.24) is 4.98 Å². The summed E-state index contributed by atoms with van der Waals surface area (Å²) in [6.45, 7) is 0.345. The van der Waals surface area contributed by atoms with Crippen LogP contribution in [-0.2, 0) is 0 Å². The highest BCUT2D eigenvalue weighted by Crippen LogP contribution is 2.25. The normalized spacial score (nSPS) is 9.50. The summed E-state index contributed by atoms with van der Waals surface area (Å²) in [6, 6.07) is 3.02. The highest BCUT2D eigenvalue weighted by molar-refractivity contribution is 5.63. The van der Waals surface area contributed by atoms with Gasteiger partial charge in [-0.2, -0.15) is 5.26 Å². The molecule has 1 rings (SSSR count). The zero-order valence-corrected chi connectivity index (χ0v) is 8.38. The topological polar surface area (TPSA) is 112 Å². The number of nitriles is 1. The summed E-state index contributed by atoms with van der Waals surface area (Å²) in [7, 11) is 0. The molecule has 0 aliphatic rings. The Hall–Kier alpha value is -2.20. The van der Waals surface area contributed by atoms with Crippen LogP contribution in [0.2, 0.25) is 0 Å². The maximum Gasteiger partial charge on any atom is 0.328 e. The van der Waals surface area contributed by atoms with Gasteiger partial charge in [-0.25, -0.2) is 4.98 Å². The van der Waals surface area contributed by atoms with E-state index in [1.807, 2.05) is 0 Å². The maximum atomic E-state index is 10.8. The van der Waals surface area contributed by atoms with Gasteiger partial charge >= 0.3 is 5.69 Å². The van der Waals surface area contributed by atoms with E-state index in [2.05, 4.69) is 10.3 Å². The third kappa shape index (κ3) is 2.65. The van der Waals surface area contributed by atoms with E-state index in [1.165, 1.54) is 12.3 Å². The summed E-state index contributed by atoms with van der Waals surface area (Å²) >= 11 is 0. The molecule has 0 radical (unpaired) electrons. The molecule has 0 aliphatic carbocycles. The average molecular weight is 222 g/mol. The Morgan fingerprint density at radius 3 is 3.00 bits per heavy atom. The largest absolute Gasteiger partial charge is 0.396 e. The van der Waals surface area contributed by atoms with E-state index in [0.29, 0.717) is 13.0 Å². The van der Waals surface area contributed by atoms with E-state index in [-0.39, 0.29) is 23.7 Å². The van der Waals surface area contributed by atoms with Gasteiger partial charge in [0.15, 0.2) is 0 Å². The number of hydrogen-bond acceptors (Lipinski definition) is 6. The molecule has 0 atom stereocenters. The minimum atomic E-state index is -0.646. The Bertz CT molecular complexity index is 427. The molecule has 84 valence electrons. The van der Waals surface area contributed by atoms with Crippen LogP contribution in [0.25, 0.3) is 0 Å². The molecular weight excluding hydrogens is 212 g/mol. The number of pyridine rings is 1. The molecule has 1 aromatic rings. The highest BCUT2D eigenvalue weighted by atomic mass is 16.6. The predicted octanol–water partition coefficient (Wildman–Crippen LogP) is 0.656. The van der Waals surface area contributed by atoms with Crippen molar-refractivity contribution in [2.45, 2.75) is 6.42 Å². The predicted molar refractivity (Wildman–Crippen MR) is 55.8 cm³/mol. The van der Waals surface area contributed by atoms with E-state index in [9.17, 15) is 10.1 Å². The van der Waals surface area contributed by atoms with Crippen molar-refractivity contribution in [2.24, 2.45) is 0 Å². The Kier molecular flexibility index (Phi) is 4.17. The molecule has 1 heterocycles. The van der Waals surface area contributed by atoms with E-state index >= 15 is 0 Å². The van der Waals surface area contributed by atoms with Gasteiger partial charge in [0.2, 0.25) is 5.82 Å². The average Bonchev–Trinajstić information content (AvgIpc) is 2.28. The number of aliphatic hydroxyl groups is 1. The molecule has 0 aliphatic heterocycles. The standard InChI is InChI=1S/C9H10N4O3/c10-6-7-2-4-12-9(8(7)13(15)16)11-3-1-5-14/h2,4,14H,1,3,5H2,(H,11,12). The molecule has 1 aromatic heterocycles. The zero-order valence-electron chi connectivity index (χ0n) is 8.38. The summed E-state index contributed by atoms with van der Waals surface area (Å²) in [5.41, 5.74) is -0.366. The fraction of sp³-hybridized carbons (Fsp3) is 0.333. The van der Waals surface area contributed by atoms with Gasteiger partial charge in [0.1, 0.15) is 11.6 Å². The third-order valence-electron chi connectivity index (χ3n) is 1.85. The van der Waals surface area contributed by atoms with Crippen molar-refractivity contribution in [3.63, 3.8) is 0 Å². The second kappa shape index (κ2) is 5.63. The fourth-order valence-electron chi connectivity index (χ4n) is 1.14. The summed E-state index contributed by atoms with van der Waals surface area (Å²) in [4.78, 5) is 13.9. The van der Waals surface area contributed by atoms with Crippen molar-refractivity contribution >= 4 is 11.5 Å². The van der Waals surface area contributed by atoms with Crippen LogP contribution in [0, 0.1) is 21.4 Å². The monoisotopic (exact) mass is 222 g/mol. The lowest BCUT2D eigenvalue weighted by molar-refractivity contribution is -0.384. The summed E-state index contributed by atoms with van der Waals surface area (Å²) in [6.07, 6.45) is 1.78. The first-order chi connectivity index (χ1) is 7.70. The molecular formula is C9H10N4O3. The Balaban J connectivity index is 2.99. The number of nitrogens with zero attached hydrogens (tertiary/aromatic N) is 3. The van der Waals surface area contributed by atoms with Crippen molar-refractivity contribution in [2.75, 3.05) is 18.5 Å². The lowest BCUT2D eigenvalue weighted by Gasteiger charge is -2.05. The molecule has 0 spiro atoms. The molecule has 7 nitrogen and oxygen atoms in total. The number of anilines is 1. The molecule has 0 saturated carbocycles. The summed E-state index contributed by atoms with van der Waals surface area (Å²) in [5, 5.41) is 30.8. The van der Waals surface area contributed by atoms with Gasteiger partial charge in [0.25, 0.3) is 0 Å². The second-order valence-electron chi connectivity index (χ2n) is 2.93. The van der Waals surface area contributed by atoms with Crippen LogP contribution in [0.4, 0.5) is 11.5 Å². The smallest absolute Gasteiger partial charge is 0.328 e. The Morgan fingerprint density at radius 2 is 2.44 bits per heavy atom. The number of aromatic nitrogens is 1. The van der Waals surface area contributed by atoms with Crippen LogP contribution < -0.4 is 5.32 Å². The van der Waals surface area contributed by atoms with E-state index in [1.54, 1.807) is 6.07 Å². The first-order valence-corrected chi connectivity index (χ1v) is 4.59. The van der Waals surface area contributed by atoms with Gasteiger partial charge in [-0.05, 0) is 12.5 Å². The van der Waals surface area contributed by atoms with E-state index in [0.717, 1.165) is 0 Å². The number of aliphatic hydroxyl groups excluding tert-OH is 1. The molecule has 0 unspecified atom stereocenters. The highest BCUT2D eigenvalue weighted by Gasteiger charge is 2.20. The van der Waals surface area contributed by atoms with Crippen LogP contribution in [0.3, 0.4) is 0 Å². The zero-order chi connectivity index (χ0) is 12.0. The number of rotatable bonds is 5. The number of nitro groups is 1. The molecule has 2 N–H and O–H groups in total. The lowest BCUT2D eigenvalue weighted by Crippen LogP contribution is -2.08. The van der Waals surface area contributed by atoms with Crippen LogP contribution in [0.15, 0.2) is 12.3 Å². The third-order valence-corrected chi connectivity index (χ3v) is 1.85. The van der Waals surface area contributed by atoms with Gasteiger partial charge in [-0.1, -0.05) is 0 Å². The van der Waals surface area contributed by atoms with Gasteiger partial charge in [0.05, 0.1) is 4.92 Å². The van der Waals surface area contributed by atoms with Crippen molar-refractivity contribution in [3.05, 3.63) is 27.9 Å². The van der Waals surface area contributed by atoms with Crippen molar-refractivity contribution in [3.8, 4) is 6.07 Å². The SMILES string of the molecule is N#Cc1ccnc(NCCCO)c1[N+](=O)[O-]. The maximum absolute atomic E-state index is 10.8. The van der Waals surface area contributed by atoms with Crippen LogP contribution >= 0.6 is 0 Å². The Labute approximate surface area is 91.5 Å².